The normalized spacial score (nSPS) is 19.6. The van der Waals surface area contributed by atoms with Crippen LogP contribution < -0.4 is 10.6 Å². The summed E-state index contributed by atoms with van der Waals surface area (Å²) in [4.78, 5) is 14.2. The minimum Gasteiger partial charge on any atom is -0.379 e. The Kier molecular flexibility index (Phi) is 3.23. The molecule has 5 nitrogen and oxygen atoms in total. The van der Waals surface area contributed by atoms with E-state index in [0.717, 1.165) is 44.1 Å². The number of amides is 1. The molecule has 5 heteroatoms. The van der Waals surface area contributed by atoms with Gasteiger partial charge in [0.15, 0.2) is 0 Å². The number of hydrogen-bond donors (Lipinski definition) is 2. The van der Waals surface area contributed by atoms with Gasteiger partial charge in [-0.05, 0) is 17.7 Å². The third kappa shape index (κ3) is 2.62. The zero-order valence-corrected chi connectivity index (χ0v) is 10.7. The van der Waals surface area contributed by atoms with Crippen LogP contribution in [0.1, 0.15) is 15.9 Å². The van der Waals surface area contributed by atoms with Crippen molar-refractivity contribution in [2.24, 2.45) is 0 Å². The van der Waals surface area contributed by atoms with E-state index in [-0.39, 0.29) is 5.91 Å². The first kappa shape index (κ1) is 12.2. The minimum absolute atomic E-state index is 0.0948. The summed E-state index contributed by atoms with van der Waals surface area (Å²) in [5, 5.41) is 5.75. The van der Waals surface area contributed by atoms with Gasteiger partial charge in [0.2, 0.25) is 0 Å². The van der Waals surface area contributed by atoms with E-state index in [1.807, 2.05) is 18.2 Å². The summed E-state index contributed by atoms with van der Waals surface area (Å²) in [6.07, 6.45) is 0. The topological polar surface area (TPSA) is 53.6 Å². The zero-order chi connectivity index (χ0) is 13.2. The van der Waals surface area contributed by atoms with Crippen LogP contribution in [-0.2, 0) is 11.3 Å². The molecule has 100 valence electrons. The summed E-state index contributed by atoms with van der Waals surface area (Å²) in [6.45, 7) is 8.02. The molecule has 19 heavy (non-hydrogen) atoms. The van der Waals surface area contributed by atoms with Crippen LogP contribution in [0.15, 0.2) is 30.6 Å². The Bertz CT molecular complexity index is 521. The molecule has 1 fully saturated rings. The van der Waals surface area contributed by atoms with Crippen LogP contribution in [0.4, 0.5) is 5.69 Å². The number of hydrogen-bond acceptors (Lipinski definition) is 4. The maximum atomic E-state index is 11.9. The number of fused-ring (bicyclic) bond motifs is 1. The Morgan fingerprint density at radius 3 is 2.84 bits per heavy atom. The Morgan fingerprint density at radius 2 is 2.05 bits per heavy atom. The van der Waals surface area contributed by atoms with E-state index in [1.54, 1.807) is 0 Å². The second kappa shape index (κ2) is 5.03. The number of carbonyl (C=O) groups excluding carboxylic acids is 1. The lowest BCUT2D eigenvalue weighted by atomic mass is 10.1. The highest BCUT2D eigenvalue weighted by Crippen LogP contribution is 2.23. The first-order valence-corrected chi connectivity index (χ1v) is 6.43. The highest BCUT2D eigenvalue weighted by Gasteiger charge is 2.19. The smallest absolute Gasteiger partial charge is 0.258 e. The summed E-state index contributed by atoms with van der Waals surface area (Å²) in [5.74, 6) is 0.431. The summed E-state index contributed by atoms with van der Waals surface area (Å²) in [7, 11) is 0. The van der Waals surface area contributed by atoms with Gasteiger partial charge in [0, 0.05) is 19.6 Å². The van der Waals surface area contributed by atoms with Crippen LogP contribution in [0, 0.1) is 0 Å². The third-order valence-electron chi connectivity index (χ3n) is 3.39. The highest BCUT2D eigenvalue weighted by atomic mass is 16.5. The van der Waals surface area contributed by atoms with Crippen molar-refractivity contribution in [3.8, 4) is 0 Å². The molecule has 1 amide bonds. The monoisotopic (exact) mass is 259 g/mol. The maximum absolute atomic E-state index is 11.9. The molecule has 3 rings (SSSR count). The fraction of sp³-hybridized carbons (Fsp3) is 0.357. The number of anilines is 1. The van der Waals surface area contributed by atoms with Crippen molar-refractivity contribution in [1.82, 2.24) is 10.2 Å². The Balaban J connectivity index is 1.78. The quantitative estimate of drug-likeness (QED) is 0.836. The molecule has 0 aliphatic carbocycles. The standard InChI is InChI=1S/C14H17N3O2/c1-10-15-13-3-2-11(8-12(13)14(18)16-10)9-17-4-6-19-7-5-17/h2-3,8,15H,1,4-7,9H2,(H,16,18). The first-order valence-electron chi connectivity index (χ1n) is 6.43. The van der Waals surface area contributed by atoms with Crippen LogP contribution in [0.25, 0.3) is 0 Å². The van der Waals surface area contributed by atoms with Crippen molar-refractivity contribution in [2.45, 2.75) is 6.54 Å². The second-order valence-electron chi connectivity index (χ2n) is 4.83. The van der Waals surface area contributed by atoms with Crippen LogP contribution >= 0.6 is 0 Å². The number of nitrogens with zero attached hydrogens (tertiary/aromatic N) is 1. The largest absolute Gasteiger partial charge is 0.379 e. The molecule has 0 bridgehead atoms. The van der Waals surface area contributed by atoms with Gasteiger partial charge in [-0.15, -0.1) is 0 Å². The molecular formula is C14H17N3O2. The molecule has 1 aromatic rings. The fourth-order valence-electron chi connectivity index (χ4n) is 2.40. The van der Waals surface area contributed by atoms with Gasteiger partial charge >= 0.3 is 0 Å². The molecule has 2 N–H and O–H groups in total. The van der Waals surface area contributed by atoms with Gasteiger partial charge in [-0.3, -0.25) is 9.69 Å². The van der Waals surface area contributed by atoms with Gasteiger partial charge in [0.05, 0.1) is 24.5 Å². The molecule has 2 aliphatic rings. The van der Waals surface area contributed by atoms with E-state index in [2.05, 4.69) is 22.1 Å². The molecule has 0 saturated carbocycles. The van der Waals surface area contributed by atoms with Crippen LogP contribution in [-0.4, -0.2) is 37.1 Å². The predicted octanol–water partition coefficient (Wildman–Crippen LogP) is 1.15. The van der Waals surface area contributed by atoms with Crippen molar-refractivity contribution in [3.63, 3.8) is 0 Å². The van der Waals surface area contributed by atoms with E-state index in [4.69, 9.17) is 4.74 Å². The van der Waals surface area contributed by atoms with Crippen molar-refractivity contribution in [2.75, 3.05) is 31.6 Å². The zero-order valence-electron chi connectivity index (χ0n) is 10.7. The van der Waals surface area contributed by atoms with E-state index < -0.39 is 0 Å². The number of rotatable bonds is 2. The van der Waals surface area contributed by atoms with Gasteiger partial charge < -0.3 is 15.4 Å². The number of morpholine rings is 1. The summed E-state index contributed by atoms with van der Waals surface area (Å²) < 4.78 is 5.33. The van der Waals surface area contributed by atoms with Crippen LogP contribution in [0.3, 0.4) is 0 Å². The second-order valence-corrected chi connectivity index (χ2v) is 4.83. The third-order valence-corrected chi connectivity index (χ3v) is 3.39. The van der Waals surface area contributed by atoms with Gasteiger partial charge in [-0.1, -0.05) is 12.6 Å². The van der Waals surface area contributed by atoms with Gasteiger partial charge in [0.25, 0.3) is 5.91 Å². The molecule has 0 aromatic heterocycles. The molecule has 0 unspecified atom stereocenters. The van der Waals surface area contributed by atoms with E-state index in [9.17, 15) is 4.79 Å². The average molecular weight is 259 g/mol. The Hall–Kier alpha value is -1.85. The van der Waals surface area contributed by atoms with Crippen molar-refractivity contribution in [1.29, 1.82) is 0 Å². The molecular weight excluding hydrogens is 242 g/mol. The first-order chi connectivity index (χ1) is 9.22. The Morgan fingerprint density at radius 1 is 1.26 bits per heavy atom. The number of benzene rings is 1. The molecule has 2 heterocycles. The lowest BCUT2D eigenvalue weighted by molar-refractivity contribution is 0.0342. The molecule has 0 radical (unpaired) electrons. The number of ether oxygens (including phenoxy) is 1. The summed E-state index contributed by atoms with van der Waals surface area (Å²) in [5.41, 5.74) is 2.64. The predicted molar refractivity (Wildman–Crippen MR) is 72.8 cm³/mol. The number of carbonyl (C=O) groups is 1. The van der Waals surface area contributed by atoms with Crippen molar-refractivity contribution < 1.29 is 9.53 Å². The molecule has 2 aliphatic heterocycles. The minimum atomic E-state index is -0.0948. The van der Waals surface area contributed by atoms with Gasteiger partial charge in [0.1, 0.15) is 5.82 Å². The summed E-state index contributed by atoms with van der Waals surface area (Å²) in [6, 6.07) is 5.93. The highest BCUT2D eigenvalue weighted by molar-refractivity contribution is 6.03. The molecule has 0 spiro atoms. The molecule has 1 aromatic carbocycles. The van der Waals surface area contributed by atoms with E-state index in [1.165, 1.54) is 0 Å². The Labute approximate surface area is 112 Å². The lowest BCUT2D eigenvalue weighted by Gasteiger charge is -2.27. The lowest BCUT2D eigenvalue weighted by Crippen LogP contribution is -2.36. The summed E-state index contributed by atoms with van der Waals surface area (Å²) >= 11 is 0. The average Bonchev–Trinajstić information content (AvgIpc) is 2.40. The van der Waals surface area contributed by atoms with E-state index >= 15 is 0 Å². The maximum Gasteiger partial charge on any atom is 0.258 e. The molecule has 0 atom stereocenters. The number of nitrogens with one attached hydrogen (secondary N) is 2. The van der Waals surface area contributed by atoms with Gasteiger partial charge in [-0.2, -0.15) is 0 Å². The van der Waals surface area contributed by atoms with Crippen LogP contribution in [0.5, 0.6) is 0 Å². The van der Waals surface area contributed by atoms with Crippen LogP contribution in [0.2, 0.25) is 0 Å². The SMILES string of the molecule is C=C1NC(=O)c2cc(CN3CCOCC3)ccc2N1. The molecule has 1 saturated heterocycles. The van der Waals surface area contributed by atoms with Gasteiger partial charge in [-0.25, -0.2) is 0 Å². The fourth-order valence-corrected chi connectivity index (χ4v) is 2.40. The van der Waals surface area contributed by atoms with Crippen molar-refractivity contribution in [3.05, 3.63) is 41.7 Å². The van der Waals surface area contributed by atoms with Crippen molar-refractivity contribution >= 4 is 11.6 Å². The van der Waals surface area contributed by atoms with E-state index in [0.29, 0.717) is 11.4 Å².